The highest BCUT2D eigenvalue weighted by atomic mass is 32.2. The van der Waals surface area contributed by atoms with E-state index in [9.17, 15) is 8.42 Å². The lowest BCUT2D eigenvalue weighted by molar-refractivity contribution is 0.447. The predicted octanol–water partition coefficient (Wildman–Crippen LogP) is 4.20. The molecule has 0 aliphatic carbocycles. The van der Waals surface area contributed by atoms with Crippen molar-refractivity contribution in [3.05, 3.63) is 22.5 Å². The molecule has 0 atom stereocenters. The molecule has 2 aromatic heterocycles. The fourth-order valence-electron chi connectivity index (χ4n) is 2.01. The highest BCUT2D eigenvalue weighted by Gasteiger charge is 2.25. The summed E-state index contributed by atoms with van der Waals surface area (Å²) in [6.45, 7) is 11.0. The Morgan fingerprint density at radius 3 is 2.27 bits per heavy atom. The molecule has 22 heavy (non-hydrogen) atoms. The van der Waals surface area contributed by atoms with E-state index in [0.29, 0.717) is 17.3 Å². The molecular weight excluding hydrogens is 336 g/mol. The van der Waals surface area contributed by atoms with E-state index in [-0.39, 0.29) is 5.41 Å². The van der Waals surface area contributed by atoms with Gasteiger partial charge in [-0.3, -0.25) is 0 Å². The first-order chi connectivity index (χ1) is 10.2. The molecular formula is C15H22N2O2S3. The van der Waals surface area contributed by atoms with Gasteiger partial charge in [-0.15, -0.1) is 22.7 Å². The molecule has 2 aromatic rings. The molecule has 0 aliphatic rings. The molecule has 7 heteroatoms. The maximum absolute atomic E-state index is 12.5. The van der Waals surface area contributed by atoms with Crippen molar-refractivity contribution in [2.45, 2.75) is 44.2 Å². The van der Waals surface area contributed by atoms with Gasteiger partial charge in [0, 0.05) is 34.8 Å². The second kappa shape index (κ2) is 6.39. The van der Waals surface area contributed by atoms with Crippen LogP contribution >= 0.6 is 22.7 Å². The summed E-state index contributed by atoms with van der Waals surface area (Å²) in [6, 6.07) is 1.74. The van der Waals surface area contributed by atoms with Crippen LogP contribution in [0, 0.1) is 0 Å². The lowest BCUT2D eigenvalue weighted by Gasteiger charge is -2.16. The zero-order chi connectivity index (χ0) is 16.5. The molecule has 0 spiro atoms. The Hall–Kier alpha value is -0.760. The largest absolute Gasteiger partial charge is 0.252 e. The first-order valence-electron chi connectivity index (χ1n) is 7.25. The van der Waals surface area contributed by atoms with Crippen molar-refractivity contribution in [1.82, 2.24) is 9.29 Å². The van der Waals surface area contributed by atoms with Crippen LogP contribution in [0.5, 0.6) is 0 Å². The fraction of sp³-hybridized carbons (Fsp3) is 0.533. The van der Waals surface area contributed by atoms with E-state index in [1.165, 1.54) is 15.6 Å². The third-order valence-corrected chi connectivity index (χ3v) is 7.75. The Bertz CT molecular complexity index is 735. The number of nitrogens with zero attached hydrogens (tertiary/aromatic N) is 2. The van der Waals surface area contributed by atoms with E-state index in [1.54, 1.807) is 17.4 Å². The van der Waals surface area contributed by atoms with Crippen molar-refractivity contribution in [2.75, 3.05) is 13.1 Å². The molecule has 0 aliphatic heterocycles. The van der Waals surface area contributed by atoms with Crippen LogP contribution in [0.1, 0.15) is 40.3 Å². The van der Waals surface area contributed by atoms with Crippen molar-refractivity contribution in [3.63, 3.8) is 0 Å². The Morgan fingerprint density at radius 2 is 1.77 bits per heavy atom. The van der Waals surface area contributed by atoms with Crippen LogP contribution in [0.4, 0.5) is 0 Å². The van der Waals surface area contributed by atoms with Crippen LogP contribution in [0.3, 0.4) is 0 Å². The van der Waals surface area contributed by atoms with Crippen LogP contribution < -0.4 is 0 Å². The highest BCUT2D eigenvalue weighted by Crippen LogP contribution is 2.34. The molecule has 0 bridgehead atoms. The van der Waals surface area contributed by atoms with Crippen LogP contribution in [-0.2, 0) is 15.4 Å². The standard InChI is InChI=1S/C15H22N2O2S3/c1-6-17(7-2)22(18,19)13-8-11(9-20-13)14-16-12(10-21-14)15(3,4)5/h8-10H,6-7H2,1-5H3. The number of rotatable bonds is 5. The van der Waals surface area contributed by atoms with Gasteiger partial charge in [-0.05, 0) is 6.07 Å². The second-order valence-corrected chi connectivity index (χ2v) is 9.97. The molecule has 0 unspecified atom stereocenters. The van der Waals surface area contributed by atoms with Gasteiger partial charge < -0.3 is 0 Å². The molecule has 0 N–H and O–H groups in total. The Kier molecular flexibility index (Phi) is 5.11. The smallest absolute Gasteiger partial charge is 0.241 e. The SMILES string of the molecule is CCN(CC)S(=O)(=O)c1cc(-c2nc(C(C)(C)C)cs2)cs1. The van der Waals surface area contributed by atoms with Crippen molar-refractivity contribution in [2.24, 2.45) is 0 Å². The summed E-state index contributed by atoms with van der Waals surface area (Å²) in [5, 5.41) is 4.80. The van der Waals surface area contributed by atoms with Crippen molar-refractivity contribution >= 4 is 32.7 Å². The minimum atomic E-state index is -3.38. The Balaban J connectivity index is 2.34. The molecule has 122 valence electrons. The van der Waals surface area contributed by atoms with E-state index < -0.39 is 10.0 Å². The van der Waals surface area contributed by atoms with E-state index in [1.807, 2.05) is 24.6 Å². The molecule has 0 amide bonds. The van der Waals surface area contributed by atoms with Gasteiger partial charge in [-0.2, -0.15) is 4.31 Å². The van der Waals surface area contributed by atoms with Crippen molar-refractivity contribution in [3.8, 4) is 10.6 Å². The summed E-state index contributed by atoms with van der Waals surface area (Å²) < 4.78 is 26.9. The molecule has 0 radical (unpaired) electrons. The number of sulfonamides is 1. The van der Waals surface area contributed by atoms with Crippen molar-refractivity contribution in [1.29, 1.82) is 0 Å². The first kappa shape index (κ1) is 17.6. The predicted molar refractivity (Wildman–Crippen MR) is 94.2 cm³/mol. The Labute approximate surface area is 140 Å². The summed E-state index contributed by atoms with van der Waals surface area (Å²) >= 11 is 2.82. The van der Waals surface area contributed by atoms with Crippen LogP contribution in [0.25, 0.3) is 10.6 Å². The van der Waals surface area contributed by atoms with E-state index in [4.69, 9.17) is 0 Å². The van der Waals surface area contributed by atoms with Crippen molar-refractivity contribution < 1.29 is 8.42 Å². The van der Waals surface area contributed by atoms with Crippen LogP contribution in [0.15, 0.2) is 21.0 Å². The third kappa shape index (κ3) is 3.42. The van der Waals surface area contributed by atoms with E-state index in [2.05, 4.69) is 25.8 Å². The van der Waals surface area contributed by atoms with Gasteiger partial charge in [-0.1, -0.05) is 34.6 Å². The minimum absolute atomic E-state index is 0.000891. The zero-order valence-electron chi connectivity index (χ0n) is 13.6. The van der Waals surface area contributed by atoms with Gasteiger partial charge in [0.1, 0.15) is 9.22 Å². The van der Waals surface area contributed by atoms with Gasteiger partial charge >= 0.3 is 0 Å². The monoisotopic (exact) mass is 358 g/mol. The number of hydrogen-bond acceptors (Lipinski definition) is 5. The fourth-order valence-corrected chi connectivity index (χ4v) is 5.89. The normalized spacial score (nSPS) is 13.0. The number of thiazole rings is 1. The summed E-state index contributed by atoms with van der Waals surface area (Å²) in [4.78, 5) is 4.65. The van der Waals surface area contributed by atoms with Gasteiger partial charge in [0.2, 0.25) is 0 Å². The summed E-state index contributed by atoms with van der Waals surface area (Å²) in [7, 11) is -3.38. The molecule has 0 fully saturated rings. The maximum Gasteiger partial charge on any atom is 0.252 e. The Morgan fingerprint density at radius 1 is 1.14 bits per heavy atom. The minimum Gasteiger partial charge on any atom is -0.241 e. The maximum atomic E-state index is 12.5. The summed E-state index contributed by atoms with van der Waals surface area (Å²) in [6.07, 6.45) is 0. The molecule has 2 heterocycles. The lowest BCUT2D eigenvalue weighted by Crippen LogP contribution is -2.29. The van der Waals surface area contributed by atoms with Gasteiger partial charge in [0.25, 0.3) is 10.0 Å². The number of aromatic nitrogens is 1. The molecule has 0 saturated carbocycles. The molecule has 0 aromatic carbocycles. The topological polar surface area (TPSA) is 50.3 Å². The van der Waals surface area contributed by atoms with E-state index >= 15 is 0 Å². The second-order valence-electron chi connectivity index (χ2n) is 6.03. The number of hydrogen-bond donors (Lipinski definition) is 0. The average molecular weight is 359 g/mol. The van der Waals surface area contributed by atoms with Crippen LogP contribution in [-0.4, -0.2) is 30.8 Å². The quantitative estimate of drug-likeness (QED) is 0.805. The zero-order valence-corrected chi connectivity index (χ0v) is 16.0. The third-order valence-electron chi connectivity index (χ3n) is 3.39. The molecule has 0 saturated heterocycles. The first-order valence-corrected chi connectivity index (χ1v) is 10.4. The van der Waals surface area contributed by atoms with Gasteiger partial charge in [-0.25, -0.2) is 13.4 Å². The van der Waals surface area contributed by atoms with Gasteiger partial charge in [0.15, 0.2) is 0 Å². The van der Waals surface area contributed by atoms with E-state index in [0.717, 1.165) is 16.3 Å². The van der Waals surface area contributed by atoms with Gasteiger partial charge in [0.05, 0.1) is 5.69 Å². The summed E-state index contributed by atoms with van der Waals surface area (Å²) in [5.74, 6) is 0. The van der Waals surface area contributed by atoms with Crippen LogP contribution in [0.2, 0.25) is 0 Å². The lowest BCUT2D eigenvalue weighted by atomic mass is 9.93. The average Bonchev–Trinajstić information content (AvgIpc) is 3.08. The highest BCUT2D eigenvalue weighted by molar-refractivity contribution is 7.91. The molecule has 4 nitrogen and oxygen atoms in total. The molecule has 2 rings (SSSR count). The summed E-state index contributed by atoms with van der Waals surface area (Å²) in [5.41, 5.74) is 1.92. The number of thiophene rings is 1.